The van der Waals surface area contributed by atoms with Crippen LogP contribution >= 0.6 is 0 Å². The molecule has 3 N–H and O–H groups in total. The van der Waals surface area contributed by atoms with Crippen molar-refractivity contribution in [3.63, 3.8) is 0 Å². The van der Waals surface area contributed by atoms with E-state index < -0.39 is 24.1 Å². The second-order valence-electron chi connectivity index (χ2n) is 5.53. The van der Waals surface area contributed by atoms with Crippen LogP contribution in [0.2, 0.25) is 0 Å². The maximum absolute atomic E-state index is 12.2. The van der Waals surface area contributed by atoms with Gasteiger partial charge in [-0.15, -0.1) is 13.2 Å². The average molecular weight is 362 g/mol. The molecule has 1 amide bonds. The summed E-state index contributed by atoms with van der Waals surface area (Å²) in [6.45, 7) is 1.76. The minimum Gasteiger partial charge on any atom is -0.469 e. The molecule has 6 nitrogen and oxygen atoms in total. The third kappa shape index (κ3) is 8.39. The Labute approximate surface area is 143 Å². The quantitative estimate of drug-likeness (QED) is 0.693. The molecule has 0 saturated carbocycles. The topological polar surface area (TPSA) is 90.7 Å². The number of nitrogens with two attached hydrogens (primary N) is 1. The van der Waals surface area contributed by atoms with Crippen molar-refractivity contribution in [3.8, 4) is 5.75 Å². The first kappa shape index (κ1) is 20.8. The SMILES string of the molecule is COC(=O)CC(NC(=O)CCC(C)N)c1ccc(OC(F)(F)F)cc1. The van der Waals surface area contributed by atoms with Gasteiger partial charge in [-0.25, -0.2) is 0 Å². The van der Waals surface area contributed by atoms with Crippen LogP contribution in [0.1, 0.15) is 37.8 Å². The summed E-state index contributed by atoms with van der Waals surface area (Å²) < 4.78 is 44.9. The number of hydrogen-bond donors (Lipinski definition) is 2. The van der Waals surface area contributed by atoms with E-state index in [1.807, 2.05) is 0 Å². The molecule has 0 radical (unpaired) electrons. The molecule has 140 valence electrons. The Morgan fingerprint density at radius 3 is 2.32 bits per heavy atom. The van der Waals surface area contributed by atoms with Crippen molar-refractivity contribution in [2.45, 2.75) is 44.6 Å². The number of ether oxygens (including phenoxy) is 2. The van der Waals surface area contributed by atoms with Crippen molar-refractivity contribution in [1.82, 2.24) is 5.32 Å². The Morgan fingerprint density at radius 2 is 1.84 bits per heavy atom. The fraction of sp³-hybridized carbons (Fsp3) is 0.500. The number of alkyl halides is 3. The van der Waals surface area contributed by atoms with E-state index in [0.29, 0.717) is 12.0 Å². The molecule has 0 fully saturated rings. The van der Waals surface area contributed by atoms with Crippen molar-refractivity contribution in [2.75, 3.05) is 7.11 Å². The molecule has 2 atom stereocenters. The van der Waals surface area contributed by atoms with Gasteiger partial charge >= 0.3 is 12.3 Å². The molecule has 2 unspecified atom stereocenters. The van der Waals surface area contributed by atoms with E-state index in [4.69, 9.17) is 5.73 Å². The maximum Gasteiger partial charge on any atom is 0.573 e. The zero-order valence-electron chi connectivity index (χ0n) is 13.9. The molecule has 0 aliphatic rings. The van der Waals surface area contributed by atoms with Gasteiger partial charge in [0, 0.05) is 12.5 Å². The van der Waals surface area contributed by atoms with E-state index in [1.54, 1.807) is 6.92 Å². The highest BCUT2D eigenvalue weighted by Crippen LogP contribution is 2.25. The molecule has 0 aromatic heterocycles. The van der Waals surface area contributed by atoms with Crippen molar-refractivity contribution >= 4 is 11.9 Å². The first-order chi connectivity index (χ1) is 11.6. The van der Waals surface area contributed by atoms with Gasteiger partial charge in [0.05, 0.1) is 19.6 Å². The number of nitrogens with one attached hydrogen (secondary N) is 1. The van der Waals surface area contributed by atoms with Crippen molar-refractivity contribution in [1.29, 1.82) is 0 Å². The lowest BCUT2D eigenvalue weighted by Gasteiger charge is -2.19. The van der Waals surface area contributed by atoms with E-state index >= 15 is 0 Å². The van der Waals surface area contributed by atoms with E-state index in [1.165, 1.54) is 19.2 Å². The van der Waals surface area contributed by atoms with Gasteiger partial charge in [-0.3, -0.25) is 9.59 Å². The lowest BCUT2D eigenvalue weighted by Crippen LogP contribution is -2.31. The third-order valence-electron chi connectivity index (χ3n) is 3.28. The number of carbonyl (C=O) groups excluding carboxylic acids is 2. The summed E-state index contributed by atoms with van der Waals surface area (Å²) >= 11 is 0. The first-order valence-electron chi connectivity index (χ1n) is 7.58. The van der Waals surface area contributed by atoms with E-state index in [0.717, 1.165) is 12.1 Å². The van der Waals surface area contributed by atoms with Gasteiger partial charge in [-0.2, -0.15) is 0 Å². The molecule has 0 saturated heterocycles. The van der Waals surface area contributed by atoms with Crippen LogP contribution in [0, 0.1) is 0 Å². The normalized spacial score (nSPS) is 13.7. The predicted molar refractivity (Wildman–Crippen MR) is 83.5 cm³/mol. The average Bonchev–Trinajstić information content (AvgIpc) is 2.51. The largest absolute Gasteiger partial charge is 0.573 e. The fourth-order valence-electron chi connectivity index (χ4n) is 2.03. The standard InChI is InChI=1S/C16H21F3N2O4/c1-10(20)3-8-14(22)21-13(9-15(23)24-2)11-4-6-12(7-5-11)25-16(17,18)19/h4-7,10,13H,3,8-9,20H2,1-2H3,(H,21,22). The van der Waals surface area contributed by atoms with Gasteiger partial charge in [0.1, 0.15) is 5.75 Å². The molecule has 0 aliphatic heterocycles. The molecular weight excluding hydrogens is 341 g/mol. The van der Waals surface area contributed by atoms with E-state index in [-0.39, 0.29) is 24.8 Å². The summed E-state index contributed by atoms with van der Waals surface area (Å²) in [6.07, 6.45) is -4.31. The number of amides is 1. The van der Waals surface area contributed by atoms with E-state index in [2.05, 4.69) is 14.8 Å². The molecule has 1 rings (SSSR count). The number of hydrogen-bond acceptors (Lipinski definition) is 5. The Hall–Kier alpha value is -2.29. The van der Waals surface area contributed by atoms with E-state index in [9.17, 15) is 22.8 Å². The summed E-state index contributed by atoms with van der Waals surface area (Å²) in [7, 11) is 1.21. The molecule has 1 aromatic rings. The summed E-state index contributed by atoms with van der Waals surface area (Å²) in [5.74, 6) is -1.27. The Bertz CT molecular complexity index is 574. The second kappa shape index (κ2) is 9.26. The molecule has 0 aliphatic carbocycles. The zero-order valence-corrected chi connectivity index (χ0v) is 13.9. The summed E-state index contributed by atoms with van der Waals surface area (Å²) in [6, 6.07) is 4.04. The van der Waals surface area contributed by atoms with Crippen LogP contribution < -0.4 is 15.8 Å². The molecule has 0 bridgehead atoms. The summed E-state index contributed by atoms with van der Waals surface area (Å²) in [4.78, 5) is 23.5. The highest BCUT2D eigenvalue weighted by molar-refractivity contribution is 5.78. The van der Waals surface area contributed by atoms with Crippen LogP contribution in [-0.2, 0) is 14.3 Å². The predicted octanol–water partition coefficient (Wildman–Crippen LogP) is 2.43. The summed E-state index contributed by atoms with van der Waals surface area (Å²) in [5, 5.41) is 2.66. The highest BCUT2D eigenvalue weighted by Gasteiger charge is 2.31. The highest BCUT2D eigenvalue weighted by atomic mass is 19.4. The Morgan fingerprint density at radius 1 is 1.24 bits per heavy atom. The minimum atomic E-state index is -4.79. The van der Waals surface area contributed by atoms with Gasteiger partial charge in [0.15, 0.2) is 0 Å². The lowest BCUT2D eigenvalue weighted by atomic mass is 10.0. The fourth-order valence-corrected chi connectivity index (χ4v) is 2.03. The number of rotatable bonds is 8. The van der Waals surface area contributed by atoms with Crippen molar-refractivity contribution < 1.29 is 32.2 Å². The molecule has 1 aromatic carbocycles. The van der Waals surface area contributed by atoms with Crippen LogP contribution in [0.25, 0.3) is 0 Å². The van der Waals surface area contributed by atoms with Crippen molar-refractivity contribution in [2.24, 2.45) is 5.73 Å². The number of methoxy groups -OCH3 is 1. The van der Waals surface area contributed by atoms with Crippen LogP contribution in [0.5, 0.6) is 5.75 Å². The van der Waals surface area contributed by atoms with Gasteiger partial charge in [-0.05, 0) is 31.0 Å². The zero-order chi connectivity index (χ0) is 19.0. The number of benzene rings is 1. The lowest BCUT2D eigenvalue weighted by molar-refractivity contribution is -0.274. The summed E-state index contributed by atoms with van der Waals surface area (Å²) in [5.41, 5.74) is 6.04. The van der Waals surface area contributed by atoms with Crippen molar-refractivity contribution in [3.05, 3.63) is 29.8 Å². The molecule has 25 heavy (non-hydrogen) atoms. The first-order valence-corrected chi connectivity index (χ1v) is 7.58. The molecular formula is C16H21F3N2O4. The number of halogens is 3. The van der Waals surface area contributed by atoms with Crippen LogP contribution in [-0.4, -0.2) is 31.4 Å². The molecule has 9 heteroatoms. The molecule has 0 spiro atoms. The minimum absolute atomic E-state index is 0.149. The van der Waals surface area contributed by atoms with Gasteiger partial charge in [0.2, 0.25) is 5.91 Å². The van der Waals surface area contributed by atoms with Gasteiger partial charge < -0.3 is 20.5 Å². The van der Waals surface area contributed by atoms with Gasteiger partial charge in [0.25, 0.3) is 0 Å². The third-order valence-corrected chi connectivity index (χ3v) is 3.28. The second-order valence-corrected chi connectivity index (χ2v) is 5.53. The van der Waals surface area contributed by atoms with Crippen LogP contribution in [0.15, 0.2) is 24.3 Å². The maximum atomic E-state index is 12.2. The molecule has 0 heterocycles. The Kier molecular flexibility index (Phi) is 7.69. The Balaban J connectivity index is 2.84. The number of carbonyl (C=O) groups is 2. The monoisotopic (exact) mass is 362 g/mol. The van der Waals surface area contributed by atoms with Crippen LogP contribution in [0.3, 0.4) is 0 Å². The van der Waals surface area contributed by atoms with Gasteiger partial charge in [-0.1, -0.05) is 12.1 Å². The van der Waals surface area contributed by atoms with Crippen LogP contribution in [0.4, 0.5) is 13.2 Å². The smallest absolute Gasteiger partial charge is 0.469 e. The number of esters is 1.